The summed E-state index contributed by atoms with van der Waals surface area (Å²) in [5.41, 5.74) is 0.839. The van der Waals surface area contributed by atoms with Crippen molar-refractivity contribution in [3.8, 4) is 28.8 Å². The van der Waals surface area contributed by atoms with Gasteiger partial charge in [0.25, 0.3) is 5.56 Å². The third kappa shape index (κ3) is 3.87. The van der Waals surface area contributed by atoms with Crippen molar-refractivity contribution in [3.05, 3.63) is 76.6 Å². The van der Waals surface area contributed by atoms with Crippen molar-refractivity contribution >= 4 is 0 Å². The van der Waals surface area contributed by atoms with E-state index in [2.05, 4.69) is 9.97 Å². The molecule has 1 aromatic carbocycles. The van der Waals surface area contributed by atoms with Gasteiger partial charge in [-0.3, -0.25) is 4.79 Å². The lowest BCUT2D eigenvalue weighted by Crippen LogP contribution is -2.14. The van der Waals surface area contributed by atoms with E-state index in [1.807, 2.05) is 6.07 Å². The number of benzene rings is 1. The molecule has 0 aliphatic rings. The van der Waals surface area contributed by atoms with E-state index in [0.717, 1.165) is 0 Å². The van der Waals surface area contributed by atoms with Crippen molar-refractivity contribution in [1.29, 1.82) is 5.26 Å². The first kappa shape index (κ1) is 17.2. The van der Waals surface area contributed by atoms with E-state index in [1.54, 1.807) is 18.2 Å². The second-order valence-electron chi connectivity index (χ2n) is 5.22. The van der Waals surface area contributed by atoms with Gasteiger partial charge in [0.15, 0.2) is 0 Å². The van der Waals surface area contributed by atoms with Gasteiger partial charge in [0.05, 0.1) is 5.56 Å². The number of aromatic nitrogens is 2. The summed E-state index contributed by atoms with van der Waals surface area (Å²) in [6.07, 6.45) is 3.00. The maximum atomic E-state index is 13.1. The van der Waals surface area contributed by atoms with E-state index in [0.29, 0.717) is 22.4 Å². The molecule has 0 saturated heterocycles. The second-order valence-corrected chi connectivity index (χ2v) is 5.22. The van der Waals surface area contributed by atoms with Crippen LogP contribution in [0.5, 0.6) is 11.6 Å². The third-order valence-corrected chi connectivity index (χ3v) is 3.53. The molecule has 0 atom stereocenters. The number of hydrogen-bond acceptors (Lipinski definition) is 5. The highest BCUT2D eigenvalue weighted by Gasteiger charge is 2.11. The van der Waals surface area contributed by atoms with Gasteiger partial charge in [-0.1, -0.05) is 12.1 Å². The summed E-state index contributed by atoms with van der Waals surface area (Å²) in [6.45, 7) is 0.278. The summed E-state index contributed by atoms with van der Waals surface area (Å²) in [5.74, 6) is 0.189. The number of halogens is 1. The van der Waals surface area contributed by atoms with Gasteiger partial charge in [-0.2, -0.15) is 5.26 Å². The minimum Gasteiger partial charge on any atom is -0.489 e. The summed E-state index contributed by atoms with van der Waals surface area (Å²) in [4.78, 5) is 18.7. The van der Waals surface area contributed by atoms with Gasteiger partial charge in [0.2, 0.25) is 5.88 Å². The minimum absolute atomic E-state index is 0.138. The molecular weight excluding hydrogens is 337 g/mol. The van der Waals surface area contributed by atoms with Crippen molar-refractivity contribution in [2.24, 2.45) is 0 Å². The molecule has 0 fully saturated rings. The predicted molar refractivity (Wildman–Crippen MR) is 92.4 cm³/mol. The molecule has 2 aromatic heterocycles. The number of rotatable bonds is 6. The Balaban J connectivity index is 1.71. The number of nitrogens with zero attached hydrogens (tertiary/aromatic N) is 2. The molecule has 0 amide bonds. The van der Waals surface area contributed by atoms with Crippen LogP contribution in [0.2, 0.25) is 0 Å². The van der Waals surface area contributed by atoms with Gasteiger partial charge in [-0.05, 0) is 35.9 Å². The van der Waals surface area contributed by atoms with E-state index in [1.165, 1.54) is 36.7 Å². The van der Waals surface area contributed by atoms with Crippen LogP contribution in [-0.4, -0.2) is 23.2 Å². The Morgan fingerprint density at radius 3 is 2.65 bits per heavy atom. The Labute approximate surface area is 148 Å². The SMILES string of the molecule is N#Cc1cccnc1OCCOc1cc[nH]c(=O)c1-c1ccc(F)cc1. The molecule has 0 spiro atoms. The largest absolute Gasteiger partial charge is 0.489 e. The smallest absolute Gasteiger partial charge is 0.259 e. The number of pyridine rings is 2. The number of H-pyrrole nitrogens is 1. The molecule has 2 heterocycles. The number of nitriles is 1. The van der Waals surface area contributed by atoms with Crippen LogP contribution >= 0.6 is 0 Å². The molecule has 6 nitrogen and oxygen atoms in total. The van der Waals surface area contributed by atoms with Crippen LogP contribution in [-0.2, 0) is 0 Å². The van der Waals surface area contributed by atoms with Crippen molar-refractivity contribution in [3.63, 3.8) is 0 Å². The molecule has 1 N–H and O–H groups in total. The van der Waals surface area contributed by atoms with Crippen LogP contribution in [0.4, 0.5) is 4.39 Å². The molecule has 7 heteroatoms. The normalized spacial score (nSPS) is 10.2. The van der Waals surface area contributed by atoms with Crippen LogP contribution in [0, 0.1) is 17.1 Å². The zero-order valence-electron chi connectivity index (χ0n) is 13.6. The minimum atomic E-state index is -0.388. The van der Waals surface area contributed by atoms with Crippen molar-refractivity contribution in [2.75, 3.05) is 13.2 Å². The van der Waals surface area contributed by atoms with Crippen molar-refractivity contribution < 1.29 is 13.9 Å². The summed E-state index contributed by atoms with van der Waals surface area (Å²) in [6, 6.07) is 12.4. The Hall–Kier alpha value is -3.66. The average molecular weight is 351 g/mol. The molecule has 0 bridgehead atoms. The summed E-state index contributed by atoms with van der Waals surface area (Å²) >= 11 is 0. The quantitative estimate of drug-likeness (QED) is 0.690. The summed E-state index contributed by atoms with van der Waals surface area (Å²) < 4.78 is 24.2. The maximum Gasteiger partial charge on any atom is 0.259 e. The van der Waals surface area contributed by atoms with Crippen LogP contribution < -0.4 is 15.0 Å². The van der Waals surface area contributed by atoms with Gasteiger partial charge in [0.1, 0.15) is 36.4 Å². The lowest BCUT2D eigenvalue weighted by atomic mass is 10.1. The highest BCUT2D eigenvalue weighted by Crippen LogP contribution is 2.26. The number of aromatic amines is 1. The molecule has 0 radical (unpaired) electrons. The van der Waals surface area contributed by atoms with Gasteiger partial charge in [-0.15, -0.1) is 0 Å². The van der Waals surface area contributed by atoms with Crippen LogP contribution in [0.15, 0.2) is 59.7 Å². The number of ether oxygens (including phenoxy) is 2. The molecular formula is C19H14FN3O3. The molecule has 26 heavy (non-hydrogen) atoms. The molecule has 0 aliphatic carbocycles. The third-order valence-electron chi connectivity index (χ3n) is 3.53. The zero-order valence-corrected chi connectivity index (χ0v) is 13.6. The van der Waals surface area contributed by atoms with Crippen molar-refractivity contribution in [1.82, 2.24) is 9.97 Å². The van der Waals surface area contributed by atoms with Crippen LogP contribution in [0.3, 0.4) is 0 Å². The fourth-order valence-corrected chi connectivity index (χ4v) is 2.35. The highest BCUT2D eigenvalue weighted by atomic mass is 19.1. The van der Waals surface area contributed by atoms with E-state index in [4.69, 9.17) is 14.7 Å². The van der Waals surface area contributed by atoms with E-state index < -0.39 is 0 Å². The van der Waals surface area contributed by atoms with Crippen LogP contribution in [0.1, 0.15) is 5.56 Å². The first-order valence-electron chi connectivity index (χ1n) is 7.77. The first-order chi connectivity index (χ1) is 12.7. The molecule has 3 rings (SSSR count). The maximum absolute atomic E-state index is 13.1. The molecule has 130 valence electrons. The standard InChI is InChI=1S/C19H14FN3O3/c20-15-5-3-13(4-6-15)17-16(7-9-22-18(17)24)25-10-11-26-19-14(12-21)2-1-8-23-19/h1-9H,10-11H2,(H,22,24). The monoisotopic (exact) mass is 351 g/mol. The van der Waals surface area contributed by atoms with Gasteiger partial charge in [-0.25, -0.2) is 9.37 Å². The lowest BCUT2D eigenvalue weighted by molar-refractivity contribution is 0.212. The summed E-state index contributed by atoms with van der Waals surface area (Å²) in [5, 5.41) is 9.00. The van der Waals surface area contributed by atoms with Gasteiger partial charge < -0.3 is 14.5 Å². The van der Waals surface area contributed by atoms with Crippen LogP contribution in [0.25, 0.3) is 11.1 Å². The molecule has 3 aromatic rings. The fourth-order valence-electron chi connectivity index (χ4n) is 2.35. The molecule has 0 unspecified atom stereocenters. The van der Waals surface area contributed by atoms with E-state index >= 15 is 0 Å². The topological polar surface area (TPSA) is 88.0 Å². The summed E-state index contributed by atoms with van der Waals surface area (Å²) in [7, 11) is 0. The first-order valence-corrected chi connectivity index (χ1v) is 7.77. The Bertz CT molecular complexity index is 994. The highest BCUT2D eigenvalue weighted by molar-refractivity contribution is 5.69. The Morgan fingerprint density at radius 2 is 1.88 bits per heavy atom. The average Bonchev–Trinajstić information content (AvgIpc) is 2.66. The Morgan fingerprint density at radius 1 is 1.12 bits per heavy atom. The molecule has 0 aliphatic heterocycles. The fraction of sp³-hybridized carbons (Fsp3) is 0.105. The Kier molecular flexibility index (Phi) is 5.25. The van der Waals surface area contributed by atoms with E-state index in [-0.39, 0.29) is 30.5 Å². The lowest BCUT2D eigenvalue weighted by Gasteiger charge is -2.11. The second kappa shape index (κ2) is 7.94. The number of hydrogen-bond donors (Lipinski definition) is 1. The predicted octanol–water partition coefficient (Wildman–Crippen LogP) is 2.91. The van der Waals surface area contributed by atoms with Gasteiger partial charge in [0, 0.05) is 12.4 Å². The van der Waals surface area contributed by atoms with E-state index in [9.17, 15) is 9.18 Å². The molecule has 0 saturated carbocycles. The van der Waals surface area contributed by atoms with Gasteiger partial charge >= 0.3 is 0 Å². The number of nitrogens with one attached hydrogen (secondary N) is 1. The zero-order chi connectivity index (χ0) is 18.4. The van der Waals surface area contributed by atoms with Crippen molar-refractivity contribution in [2.45, 2.75) is 0 Å².